The highest BCUT2D eigenvalue weighted by Crippen LogP contribution is 2.41. The van der Waals surface area contributed by atoms with Crippen LogP contribution in [0.25, 0.3) is 11.1 Å². The van der Waals surface area contributed by atoms with Crippen molar-refractivity contribution >= 4 is 11.1 Å². The summed E-state index contributed by atoms with van der Waals surface area (Å²) in [5.41, 5.74) is 1.75. The fourth-order valence-electron chi connectivity index (χ4n) is 5.27. The molecule has 3 heterocycles. The molecule has 0 aliphatic carbocycles. The van der Waals surface area contributed by atoms with Gasteiger partial charge in [0.2, 0.25) is 5.71 Å². The summed E-state index contributed by atoms with van der Waals surface area (Å²) >= 11 is 0. The van der Waals surface area contributed by atoms with Gasteiger partial charge in [-0.1, -0.05) is 91.0 Å². The third-order valence-electron chi connectivity index (χ3n) is 7.08. The molecule has 1 fully saturated rings. The molecule has 1 N–H and O–H groups in total. The number of aryl methyl sites for hydroxylation is 1. The summed E-state index contributed by atoms with van der Waals surface area (Å²) in [6, 6.07) is 31.9. The molecule has 5 aromatic rings. The fourth-order valence-corrected chi connectivity index (χ4v) is 5.27. The molecule has 0 amide bonds. The lowest BCUT2D eigenvalue weighted by Gasteiger charge is -2.37. The summed E-state index contributed by atoms with van der Waals surface area (Å²) in [7, 11) is 0. The molecule has 1 saturated heterocycles. The molecule has 3 aromatic carbocycles. The Hall–Kier alpha value is -4.04. The highest BCUT2D eigenvalue weighted by Gasteiger charge is 2.42. The van der Waals surface area contributed by atoms with Crippen molar-refractivity contribution in [2.45, 2.75) is 37.4 Å². The van der Waals surface area contributed by atoms with Gasteiger partial charge in [0, 0.05) is 12.6 Å². The largest absolute Gasteiger partial charge is 0.443 e. The monoisotopic (exact) mass is 508 g/mol. The second kappa shape index (κ2) is 10.0. The summed E-state index contributed by atoms with van der Waals surface area (Å²) in [5, 5.41) is 11.7. The lowest BCUT2D eigenvalue weighted by Crippen LogP contribution is -2.38. The van der Waals surface area contributed by atoms with Gasteiger partial charge in [-0.2, -0.15) is 4.98 Å². The van der Waals surface area contributed by atoms with Gasteiger partial charge in [0.1, 0.15) is 23.7 Å². The number of fused-ring (bicyclic) bond motifs is 1. The van der Waals surface area contributed by atoms with Crippen LogP contribution in [0.1, 0.15) is 35.1 Å². The number of nitrogens with zero attached hydrogens (tertiary/aromatic N) is 2. The van der Waals surface area contributed by atoms with Crippen molar-refractivity contribution in [2.24, 2.45) is 0 Å². The van der Waals surface area contributed by atoms with Gasteiger partial charge in [0.25, 0.3) is 0 Å². The van der Waals surface area contributed by atoms with Crippen LogP contribution >= 0.6 is 0 Å². The standard InChI is InChI=1S/C31H28N2O5/c1-21-17-22-19-33(30(35)32-29(22)37-21)28-18-26(34)27(38-28)20-36-31(23-11-5-2-6-12-23,24-13-7-3-8-14-24)25-15-9-4-10-16-25/h2-17,19,26-28,34H,18,20H2,1H3. The van der Waals surface area contributed by atoms with E-state index in [9.17, 15) is 9.90 Å². The van der Waals surface area contributed by atoms with Crippen LogP contribution in [0.5, 0.6) is 0 Å². The molecule has 2 aromatic heterocycles. The van der Waals surface area contributed by atoms with E-state index in [-0.39, 0.29) is 13.0 Å². The van der Waals surface area contributed by atoms with Crippen molar-refractivity contribution in [3.05, 3.63) is 136 Å². The zero-order valence-electron chi connectivity index (χ0n) is 20.9. The molecule has 38 heavy (non-hydrogen) atoms. The maximum Gasteiger partial charge on any atom is 0.353 e. The fraction of sp³-hybridized carbons (Fsp3) is 0.226. The van der Waals surface area contributed by atoms with Gasteiger partial charge >= 0.3 is 5.69 Å². The lowest BCUT2D eigenvalue weighted by molar-refractivity contribution is -0.0943. The summed E-state index contributed by atoms with van der Waals surface area (Å²) in [4.78, 5) is 16.8. The van der Waals surface area contributed by atoms with Gasteiger partial charge in [-0.3, -0.25) is 4.57 Å². The van der Waals surface area contributed by atoms with E-state index < -0.39 is 29.7 Å². The molecule has 3 atom stereocenters. The Bertz CT molecular complexity index is 1480. The van der Waals surface area contributed by atoms with Crippen LogP contribution < -0.4 is 5.69 Å². The Morgan fingerprint density at radius 1 is 0.947 bits per heavy atom. The van der Waals surface area contributed by atoms with Gasteiger partial charge in [0.05, 0.1) is 18.1 Å². The third-order valence-corrected chi connectivity index (χ3v) is 7.08. The van der Waals surface area contributed by atoms with E-state index in [1.54, 1.807) is 13.1 Å². The molecular formula is C31H28N2O5. The van der Waals surface area contributed by atoms with E-state index in [1.807, 2.05) is 97.1 Å². The smallest absolute Gasteiger partial charge is 0.353 e. The third kappa shape index (κ3) is 4.35. The van der Waals surface area contributed by atoms with Gasteiger partial charge in [-0.05, 0) is 29.7 Å². The average Bonchev–Trinajstić information content (AvgIpc) is 3.50. The Kier molecular flexibility index (Phi) is 6.41. The number of ether oxygens (including phenoxy) is 2. The van der Waals surface area contributed by atoms with E-state index >= 15 is 0 Å². The number of hydrogen-bond donors (Lipinski definition) is 1. The Balaban J connectivity index is 1.34. The van der Waals surface area contributed by atoms with Gasteiger partial charge < -0.3 is 19.0 Å². The maximum atomic E-state index is 12.7. The van der Waals surface area contributed by atoms with Crippen LogP contribution in [0, 0.1) is 6.92 Å². The topological polar surface area (TPSA) is 86.7 Å². The number of furan rings is 1. The molecule has 192 valence electrons. The number of benzene rings is 3. The first kappa shape index (κ1) is 24.3. The first-order chi connectivity index (χ1) is 18.5. The van der Waals surface area contributed by atoms with E-state index in [2.05, 4.69) is 4.98 Å². The normalized spacial score (nSPS) is 19.7. The van der Waals surface area contributed by atoms with Crippen molar-refractivity contribution < 1.29 is 19.0 Å². The molecule has 1 aliphatic rings. The Morgan fingerprint density at radius 3 is 2.05 bits per heavy atom. The van der Waals surface area contributed by atoms with Crippen molar-refractivity contribution in [3.8, 4) is 0 Å². The van der Waals surface area contributed by atoms with Crippen LogP contribution in [-0.2, 0) is 15.1 Å². The zero-order valence-corrected chi connectivity index (χ0v) is 20.9. The summed E-state index contributed by atoms with van der Waals surface area (Å²) in [6.45, 7) is 1.91. The number of hydrogen-bond acceptors (Lipinski definition) is 6. The van der Waals surface area contributed by atoms with Crippen LogP contribution in [0.2, 0.25) is 0 Å². The van der Waals surface area contributed by atoms with Crippen molar-refractivity contribution in [1.82, 2.24) is 9.55 Å². The molecule has 0 bridgehead atoms. The minimum absolute atomic E-state index is 0.103. The molecule has 3 unspecified atom stereocenters. The Morgan fingerprint density at radius 2 is 1.50 bits per heavy atom. The number of aliphatic hydroxyl groups is 1. The molecule has 6 rings (SSSR count). The van der Waals surface area contributed by atoms with Crippen molar-refractivity contribution in [2.75, 3.05) is 6.61 Å². The molecule has 0 saturated carbocycles. The van der Waals surface area contributed by atoms with Gasteiger partial charge in [-0.15, -0.1) is 0 Å². The molecule has 1 aliphatic heterocycles. The minimum atomic E-state index is -0.934. The highest BCUT2D eigenvalue weighted by atomic mass is 16.6. The SMILES string of the molecule is Cc1cc2cn(C3CC(O)C(COC(c4ccccc4)(c4ccccc4)c4ccccc4)O3)c(=O)nc2o1. The summed E-state index contributed by atoms with van der Waals surface area (Å²) in [6.07, 6.45) is -0.229. The quantitative estimate of drug-likeness (QED) is 0.313. The van der Waals surface area contributed by atoms with E-state index in [0.717, 1.165) is 16.7 Å². The summed E-state index contributed by atoms with van der Waals surface area (Å²) < 4.78 is 19.9. The zero-order chi connectivity index (χ0) is 26.1. The second-order valence-electron chi connectivity index (χ2n) is 9.57. The van der Waals surface area contributed by atoms with Crippen molar-refractivity contribution in [1.29, 1.82) is 0 Å². The molecule has 7 nitrogen and oxygen atoms in total. The lowest BCUT2D eigenvalue weighted by atomic mass is 9.80. The number of aromatic nitrogens is 2. The van der Waals surface area contributed by atoms with Gasteiger partial charge in [-0.25, -0.2) is 4.79 Å². The maximum absolute atomic E-state index is 12.7. The molecule has 0 spiro atoms. The van der Waals surface area contributed by atoms with E-state index in [4.69, 9.17) is 13.9 Å². The van der Waals surface area contributed by atoms with Crippen molar-refractivity contribution in [3.63, 3.8) is 0 Å². The molecular weight excluding hydrogens is 480 g/mol. The highest BCUT2D eigenvalue weighted by molar-refractivity contribution is 5.72. The predicted octanol–water partition coefficient (Wildman–Crippen LogP) is 4.96. The number of rotatable bonds is 7. The molecule has 0 radical (unpaired) electrons. The predicted molar refractivity (Wildman–Crippen MR) is 143 cm³/mol. The second-order valence-corrected chi connectivity index (χ2v) is 9.57. The minimum Gasteiger partial charge on any atom is -0.443 e. The van der Waals surface area contributed by atoms with Crippen LogP contribution in [0.4, 0.5) is 0 Å². The molecule has 7 heteroatoms. The summed E-state index contributed by atoms with van der Waals surface area (Å²) in [5.74, 6) is 0.669. The van der Waals surface area contributed by atoms with Crippen LogP contribution in [0.3, 0.4) is 0 Å². The van der Waals surface area contributed by atoms with Crippen LogP contribution in [-0.4, -0.2) is 33.5 Å². The first-order valence-corrected chi connectivity index (χ1v) is 12.7. The first-order valence-electron chi connectivity index (χ1n) is 12.7. The van der Waals surface area contributed by atoms with E-state index in [1.165, 1.54) is 4.57 Å². The van der Waals surface area contributed by atoms with Crippen LogP contribution in [0.15, 0.2) is 112 Å². The van der Waals surface area contributed by atoms with E-state index in [0.29, 0.717) is 16.9 Å². The number of aliphatic hydroxyl groups excluding tert-OH is 1. The van der Waals surface area contributed by atoms with Gasteiger partial charge in [0.15, 0.2) is 0 Å². The average molecular weight is 509 g/mol. The Labute approximate surface area is 219 Å².